The molecule has 0 spiro atoms. The smallest absolute Gasteiger partial charge is 0.230 e. The van der Waals surface area contributed by atoms with Crippen molar-refractivity contribution in [2.75, 3.05) is 5.32 Å². The molecule has 2 aromatic carbocycles. The standard InChI is InChI=1S/C19H13Cl2N3OS/c20-13-6-14(21)8-15(7-13)22-18(25)9-16-11-26-19-23-17(10-24(16)19)12-4-2-1-3-5-12/h1-8,10-11H,9H2,(H,22,25). The zero-order chi connectivity index (χ0) is 18.1. The van der Waals surface area contributed by atoms with E-state index in [4.69, 9.17) is 23.2 Å². The Balaban J connectivity index is 1.55. The molecule has 0 saturated heterocycles. The fourth-order valence-electron chi connectivity index (χ4n) is 2.70. The quantitative estimate of drug-likeness (QED) is 0.487. The molecule has 2 heterocycles. The van der Waals surface area contributed by atoms with Gasteiger partial charge in [0.1, 0.15) is 0 Å². The first-order valence-corrected chi connectivity index (χ1v) is 9.49. The number of nitrogens with one attached hydrogen (secondary N) is 1. The molecule has 26 heavy (non-hydrogen) atoms. The van der Waals surface area contributed by atoms with E-state index in [1.54, 1.807) is 18.2 Å². The van der Waals surface area contributed by atoms with Crippen LogP contribution in [0, 0.1) is 0 Å². The van der Waals surface area contributed by atoms with Crippen LogP contribution < -0.4 is 5.32 Å². The maximum absolute atomic E-state index is 12.4. The second-order valence-electron chi connectivity index (χ2n) is 5.75. The number of rotatable bonds is 4. The van der Waals surface area contributed by atoms with E-state index in [1.807, 2.05) is 46.3 Å². The summed E-state index contributed by atoms with van der Waals surface area (Å²) >= 11 is 13.5. The molecule has 4 aromatic rings. The molecule has 1 N–H and O–H groups in total. The molecule has 0 aliphatic rings. The minimum absolute atomic E-state index is 0.141. The number of aromatic nitrogens is 2. The summed E-state index contributed by atoms with van der Waals surface area (Å²) in [5, 5.41) is 5.73. The Morgan fingerprint density at radius 1 is 1.12 bits per heavy atom. The number of hydrogen-bond donors (Lipinski definition) is 1. The van der Waals surface area contributed by atoms with Gasteiger partial charge in [-0.2, -0.15) is 0 Å². The van der Waals surface area contributed by atoms with Crippen molar-refractivity contribution >= 4 is 51.1 Å². The molecule has 1 amide bonds. The lowest BCUT2D eigenvalue weighted by Crippen LogP contribution is -2.15. The molecule has 0 fully saturated rings. The predicted molar refractivity (Wildman–Crippen MR) is 107 cm³/mol. The summed E-state index contributed by atoms with van der Waals surface area (Å²) in [6.45, 7) is 0. The lowest BCUT2D eigenvalue weighted by molar-refractivity contribution is -0.115. The first kappa shape index (κ1) is 17.1. The van der Waals surface area contributed by atoms with Gasteiger partial charge in [-0.3, -0.25) is 9.20 Å². The van der Waals surface area contributed by atoms with Crippen molar-refractivity contribution in [2.45, 2.75) is 6.42 Å². The summed E-state index contributed by atoms with van der Waals surface area (Å²) in [6, 6.07) is 14.9. The number of benzene rings is 2. The second-order valence-corrected chi connectivity index (χ2v) is 7.46. The minimum Gasteiger partial charge on any atom is -0.326 e. The van der Waals surface area contributed by atoms with Crippen LogP contribution in [0.2, 0.25) is 10.0 Å². The van der Waals surface area contributed by atoms with Crippen molar-refractivity contribution in [1.82, 2.24) is 9.38 Å². The molecule has 4 nitrogen and oxygen atoms in total. The summed E-state index contributed by atoms with van der Waals surface area (Å²) in [5.74, 6) is -0.141. The Labute approximate surface area is 164 Å². The summed E-state index contributed by atoms with van der Waals surface area (Å²) in [7, 11) is 0. The fraction of sp³-hybridized carbons (Fsp3) is 0.0526. The van der Waals surface area contributed by atoms with Crippen molar-refractivity contribution in [3.05, 3.63) is 75.8 Å². The van der Waals surface area contributed by atoms with Crippen molar-refractivity contribution in [3.63, 3.8) is 0 Å². The normalized spacial score (nSPS) is 11.0. The van der Waals surface area contributed by atoms with E-state index < -0.39 is 0 Å². The summed E-state index contributed by atoms with van der Waals surface area (Å²) in [5.41, 5.74) is 3.40. The SMILES string of the molecule is O=C(Cc1csc2nc(-c3ccccc3)cn12)Nc1cc(Cl)cc(Cl)c1. The predicted octanol–water partition coefficient (Wildman–Crippen LogP) is 5.55. The summed E-state index contributed by atoms with van der Waals surface area (Å²) < 4.78 is 1.96. The highest BCUT2D eigenvalue weighted by Gasteiger charge is 2.13. The lowest BCUT2D eigenvalue weighted by atomic mass is 10.2. The van der Waals surface area contributed by atoms with Gasteiger partial charge in [0.25, 0.3) is 0 Å². The molecule has 0 aliphatic carbocycles. The highest BCUT2D eigenvalue weighted by molar-refractivity contribution is 7.15. The van der Waals surface area contributed by atoms with Gasteiger partial charge in [0.15, 0.2) is 4.96 Å². The van der Waals surface area contributed by atoms with Crippen LogP contribution in [0.4, 0.5) is 5.69 Å². The molecule has 4 rings (SSSR count). The molecule has 0 aliphatic heterocycles. The number of thiazole rings is 1. The maximum atomic E-state index is 12.4. The number of hydrogen-bond acceptors (Lipinski definition) is 3. The van der Waals surface area contributed by atoms with E-state index in [0.29, 0.717) is 15.7 Å². The van der Waals surface area contributed by atoms with Crippen LogP contribution in [0.3, 0.4) is 0 Å². The summed E-state index contributed by atoms with van der Waals surface area (Å²) in [6.07, 6.45) is 2.19. The maximum Gasteiger partial charge on any atom is 0.230 e. The number of fused-ring (bicyclic) bond motifs is 1. The monoisotopic (exact) mass is 401 g/mol. The number of imidazole rings is 1. The van der Waals surface area contributed by atoms with Gasteiger partial charge in [0.05, 0.1) is 12.1 Å². The Kier molecular flexibility index (Phi) is 4.68. The molecule has 2 aromatic heterocycles. The van der Waals surface area contributed by atoms with Crippen molar-refractivity contribution in [1.29, 1.82) is 0 Å². The molecule has 130 valence electrons. The highest BCUT2D eigenvalue weighted by atomic mass is 35.5. The Morgan fingerprint density at radius 2 is 1.85 bits per heavy atom. The van der Waals surface area contributed by atoms with E-state index in [1.165, 1.54) is 11.3 Å². The van der Waals surface area contributed by atoms with Crippen LogP contribution in [0.25, 0.3) is 16.2 Å². The van der Waals surface area contributed by atoms with Crippen LogP contribution in [0.5, 0.6) is 0 Å². The number of anilines is 1. The van der Waals surface area contributed by atoms with Gasteiger partial charge in [-0.1, -0.05) is 53.5 Å². The van der Waals surface area contributed by atoms with Gasteiger partial charge in [-0.25, -0.2) is 4.98 Å². The number of carbonyl (C=O) groups is 1. The molecule has 0 unspecified atom stereocenters. The van der Waals surface area contributed by atoms with Gasteiger partial charge in [0.2, 0.25) is 5.91 Å². The van der Waals surface area contributed by atoms with Crippen LogP contribution >= 0.6 is 34.5 Å². The molecular formula is C19H13Cl2N3OS. The Morgan fingerprint density at radius 3 is 2.58 bits per heavy atom. The average molecular weight is 402 g/mol. The van der Waals surface area contributed by atoms with E-state index in [9.17, 15) is 4.79 Å². The van der Waals surface area contributed by atoms with Crippen LogP contribution in [-0.2, 0) is 11.2 Å². The topological polar surface area (TPSA) is 46.4 Å². The number of nitrogens with zero attached hydrogens (tertiary/aromatic N) is 2. The van der Waals surface area contributed by atoms with Crippen LogP contribution in [0.1, 0.15) is 5.69 Å². The summed E-state index contributed by atoms with van der Waals surface area (Å²) in [4.78, 5) is 17.9. The Bertz CT molecular complexity index is 1070. The van der Waals surface area contributed by atoms with Gasteiger partial charge in [-0.05, 0) is 18.2 Å². The van der Waals surface area contributed by atoms with Gasteiger partial charge >= 0.3 is 0 Å². The van der Waals surface area contributed by atoms with Crippen LogP contribution in [-0.4, -0.2) is 15.3 Å². The number of amides is 1. The zero-order valence-corrected chi connectivity index (χ0v) is 15.8. The van der Waals surface area contributed by atoms with E-state index in [-0.39, 0.29) is 12.3 Å². The Hall–Kier alpha value is -2.34. The third-order valence-corrected chi connectivity index (χ3v) is 5.17. The van der Waals surface area contributed by atoms with Crippen molar-refractivity contribution in [2.24, 2.45) is 0 Å². The molecule has 0 saturated carbocycles. The third kappa shape index (κ3) is 3.60. The first-order valence-electron chi connectivity index (χ1n) is 7.85. The van der Waals surface area contributed by atoms with E-state index >= 15 is 0 Å². The highest BCUT2D eigenvalue weighted by Crippen LogP contribution is 2.25. The first-order chi connectivity index (χ1) is 12.6. The second kappa shape index (κ2) is 7.11. The zero-order valence-electron chi connectivity index (χ0n) is 13.4. The minimum atomic E-state index is -0.141. The van der Waals surface area contributed by atoms with Gasteiger partial charge < -0.3 is 5.32 Å². The van der Waals surface area contributed by atoms with Gasteiger partial charge in [0, 0.05) is 38.6 Å². The van der Waals surface area contributed by atoms with Crippen molar-refractivity contribution in [3.8, 4) is 11.3 Å². The lowest BCUT2D eigenvalue weighted by Gasteiger charge is -2.06. The van der Waals surface area contributed by atoms with E-state index in [0.717, 1.165) is 21.9 Å². The molecule has 7 heteroatoms. The van der Waals surface area contributed by atoms with Crippen LogP contribution in [0.15, 0.2) is 60.1 Å². The molecular weight excluding hydrogens is 389 g/mol. The fourth-order valence-corrected chi connectivity index (χ4v) is 4.10. The third-order valence-electron chi connectivity index (χ3n) is 3.84. The van der Waals surface area contributed by atoms with Gasteiger partial charge in [-0.15, -0.1) is 11.3 Å². The largest absolute Gasteiger partial charge is 0.326 e. The molecule has 0 bridgehead atoms. The van der Waals surface area contributed by atoms with E-state index in [2.05, 4.69) is 10.3 Å². The van der Waals surface area contributed by atoms with Crippen molar-refractivity contribution < 1.29 is 4.79 Å². The molecule has 0 radical (unpaired) electrons. The average Bonchev–Trinajstić information content (AvgIpc) is 3.17. The number of halogens is 2. The number of carbonyl (C=O) groups excluding carboxylic acids is 1. The molecule has 0 atom stereocenters.